The second-order valence-electron chi connectivity index (χ2n) is 8.69. The van der Waals surface area contributed by atoms with Crippen molar-refractivity contribution in [1.29, 1.82) is 0 Å². The maximum atomic E-state index is 14.4. The van der Waals surface area contributed by atoms with Crippen LogP contribution >= 0.6 is 0 Å². The molecule has 0 aromatic heterocycles. The van der Waals surface area contributed by atoms with Gasteiger partial charge in [-0.3, -0.25) is 14.9 Å². The number of esters is 2. The van der Waals surface area contributed by atoms with Gasteiger partial charge in [-0.1, -0.05) is 81.1 Å². The lowest BCUT2D eigenvalue weighted by atomic mass is 9.61. The molecule has 0 radical (unpaired) electrons. The summed E-state index contributed by atoms with van der Waals surface area (Å²) < 4.78 is 10.4. The predicted octanol–water partition coefficient (Wildman–Crippen LogP) is 3.97. The van der Waals surface area contributed by atoms with Gasteiger partial charge in [0, 0.05) is 11.1 Å². The third kappa shape index (κ3) is 2.69. The SMILES string of the molecule is C=C1C(CC)(CC)N[C@@]2(c3ccccc3)C(c3ccccc3)=C(C(=O)OC)C(=O)[C@@]12C(=O)OC. The lowest BCUT2D eigenvalue weighted by molar-refractivity contribution is -0.156. The topological polar surface area (TPSA) is 81.7 Å². The maximum Gasteiger partial charge on any atom is 0.341 e. The van der Waals surface area contributed by atoms with Crippen LogP contribution < -0.4 is 5.32 Å². The van der Waals surface area contributed by atoms with Crippen LogP contribution in [0.4, 0.5) is 0 Å². The average Bonchev–Trinajstić information content (AvgIpc) is 3.27. The second-order valence-corrected chi connectivity index (χ2v) is 8.69. The molecule has 6 nitrogen and oxygen atoms in total. The smallest absolute Gasteiger partial charge is 0.341 e. The van der Waals surface area contributed by atoms with E-state index in [1.807, 2.05) is 74.5 Å². The molecule has 0 unspecified atom stereocenters. The fourth-order valence-electron chi connectivity index (χ4n) is 5.92. The summed E-state index contributed by atoms with van der Waals surface area (Å²) in [6.45, 7) is 8.32. The normalized spacial score (nSPS) is 25.3. The number of rotatable bonds is 6. The van der Waals surface area contributed by atoms with Gasteiger partial charge in [0.2, 0.25) is 0 Å². The fraction of sp³-hybridized carbons (Fsp3) is 0.321. The molecule has 1 heterocycles. The molecule has 1 N–H and O–H groups in total. The Morgan fingerprint density at radius 2 is 1.47 bits per heavy atom. The molecule has 176 valence electrons. The number of carbonyl (C=O) groups is 3. The Labute approximate surface area is 199 Å². The van der Waals surface area contributed by atoms with Crippen LogP contribution in [-0.2, 0) is 29.4 Å². The highest BCUT2D eigenvalue weighted by atomic mass is 16.5. The summed E-state index contributed by atoms with van der Waals surface area (Å²) in [5.41, 5.74) is -2.13. The van der Waals surface area contributed by atoms with Crippen molar-refractivity contribution in [1.82, 2.24) is 5.32 Å². The number of ether oxygens (including phenoxy) is 2. The number of Topliss-reactive ketones (excluding diaryl/α,β-unsaturated/α-hetero) is 1. The zero-order valence-electron chi connectivity index (χ0n) is 19.9. The van der Waals surface area contributed by atoms with E-state index in [0.717, 1.165) is 0 Å². The van der Waals surface area contributed by atoms with E-state index in [4.69, 9.17) is 9.47 Å². The Hall–Kier alpha value is -3.51. The van der Waals surface area contributed by atoms with Crippen molar-refractivity contribution >= 4 is 23.3 Å². The minimum absolute atomic E-state index is 0.169. The Bertz CT molecular complexity index is 1200. The largest absolute Gasteiger partial charge is 0.468 e. The predicted molar refractivity (Wildman–Crippen MR) is 129 cm³/mol. The van der Waals surface area contributed by atoms with Crippen molar-refractivity contribution in [3.8, 4) is 0 Å². The molecule has 1 aliphatic carbocycles. The minimum atomic E-state index is -1.89. The highest BCUT2D eigenvalue weighted by molar-refractivity contribution is 6.36. The van der Waals surface area contributed by atoms with Gasteiger partial charge in [0.1, 0.15) is 5.57 Å². The van der Waals surface area contributed by atoms with Crippen molar-refractivity contribution in [3.05, 3.63) is 89.5 Å². The standard InChI is InChI=1S/C28H29NO5/c1-6-26(7-2)18(3)27(25(32)34-5)23(30)21(24(31)33-4)22(19-14-10-8-11-15-19)28(27,29-26)20-16-12-9-13-17-20/h8-17,29H,3,6-7H2,1-2,4-5H3/t27-,28+/m1/s1. The second kappa shape index (κ2) is 8.37. The number of benzene rings is 2. The summed E-state index contributed by atoms with van der Waals surface area (Å²) in [6, 6.07) is 18.4. The van der Waals surface area contributed by atoms with E-state index in [2.05, 4.69) is 11.9 Å². The lowest BCUT2D eigenvalue weighted by Crippen LogP contribution is -2.56. The average molecular weight is 460 g/mol. The Morgan fingerprint density at radius 3 is 1.97 bits per heavy atom. The first-order valence-corrected chi connectivity index (χ1v) is 11.4. The maximum absolute atomic E-state index is 14.4. The minimum Gasteiger partial charge on any atom is -0.468 e. The van der Waals surface area contributed by atoms with Gasteiger partial charge in [0.25, 0.3) is 0 Å². The molecule has 6 heteroatoms. The highest BCUT2D eigenvalue weighted by Crippen LogP contribution is 2.67. The van der Waals surface area contributed by atoms with Crippen LogP contribution in [0, 0.1) is 5.41 Å². The fourth-order valence-corrected chi connectivity index (χ4v) is 5.92. The first-order valence-electron chi connectivity index (χ1n) is 11.4. The van der Waals surface area contributed by atoms with E-state index >= 15 is 0 Å². The number of nitrogens with one attached hydrogen (secondary N) is 1. The van der Waals surface area contributed by atoms with Gasteiger partial charge >= 0.3 is 11.9 Å². The number of hydrogen-bond acceptors (Lipinski definition) is 6. The molecule has 2 atom stereocenters. The Kier molecular flexibility index (Phi) is 5.82. The molecule has 0 bridgehead atoms. The van der Waals surface area contributed by atoms with Gasteiger partial charge in [-0.25, -0.2) is 4.79 Å². The molecule has 2 aliphatic rings. The molecule has 0 spiro atoms. The summed E-state index contributed by atoms with van der Waals surface area (Å²) in [4.78, 5) is 41.5. The van der Waals surface area contributed by atoms with E-state index in [0.29, 0.717) is 35.1 Å². The van der Waals surface area contributed by atoms with E-state index in [-0.39, 0.29) is 5.57 Å². The zero-order chi connectivity index (χ0) is 24.7. The molecule has 2 aromatic rings. The molecule has 1 saturated heterocycles. The molecule has 4 rings (SSSR count). The molecule has 2 aromatic carbocycles. The number of fused-ring (bicyclic) bond motifs is 1. The van der Waals surface area contributed by atoms with Crippen LogP contribution in [0.15, 0.2) is 78.4 Å². The van der Waals surface area contributed by atoms with Crippen LogP contribution in [0.1, 0.15) is 37.8 Å². The summed E-state index contributed by atoms with van der Waals surface area (Å²) >= 11 is 0. The first kappa shape index (κ1) is 23.6. The van der Waals surface area contributed by atoms with Crippen molar-refractivity contribution in [2.75, 3.05) is 14.2 Å². The van der Waals surface area contributed by atoms with Gasteiger partial charge in [-0.05, 0) is 29.5 Å². The summed E-state index contributed by atoms with van der Waals surface area (Å²) in [7, 11) is 2.48. The molecule has 34 heavy (non-hydrogen) atoms. The van der Waals surface area contributed by atoms with Gasteiger partial charge < -0.3 is 9.47 Å². The van der Waals surface area contributed by atoms with Crippen molar-refractivity contribution in [3.63, 3.8) is 0 Å². The van der Waals surface area contributed by atoms with Crippen LogP contribution in [-0.4, -0.2) is 37.5 Å². The number of ketones is 1. The lowest BCUT2D eigenvalue weighted by Gasteiger charge is -2.40. The molecular formula is C28H29NO5. The number of hydrogen-bond donors (Lipinski definition) is 1. The van der Waals surface area contributed by atoms with Crippen molar-refractivity contribution in [2.24, 2.45) is 5.41 Å². The highest BCUT2D eigenvalue weighted by Gasteiger charge is 2.79. The molecular weight excluding hydrogens is 430 g/mol. The van der Waals surface area contributed by atoms with Crippen LogP contribution in [0.2, 0.25) is 0 Å². The Balaban J connectivity index is 2.26. The van der Waals surface area contributed by atoms with Crippen LogP contribution in [0.25, 0.3) is 5.57 Å². The van der Waals surface area contributed by atoms with E-state index in [1.165, 1.54) is 14.2 Å². The third-order valence-corrected chi connectivity index (χ3v) is 7.57. The van der Waals surface area contributed by atoms with Crippen LogP contribution in [0.5, 0.6) is 0 Å². The van der Waals surface area contributed by atoms with Gasteiger partial charge in [0.05, 0.1) is 19.8 Å². The Morgan fingerprint density at radius 1 is 0.912 bits per heavy atom. The van der Waals surface area contributed by atoms with Gasteiger partial charge in [-0.15, -0.1) is 0 Å². The molecule has 0 saturated carbocycles. The zero-order valence-corrected chi connectivity index (χ0v) is 19.9. The monoisotopic (exact) mass is 459 g/mol. The molecule has 0 amide bonds. The molecule has 1 fully saturated rings. The van der Waals surface area contributed by atoms with Crippen LogP contribution in [0.3, 0.4) is 0 Å². The summed E-state index contributed by atoms with van der Waals surface area (Å²) in [6.07, 6.45) is 1.16. The summed E-state index contributed by atoms with van der Waals surface area (Å²) in [5.74, 6) is -2.21. The van der Waals surface area contributed by atoms with E-state index < -0.39 is 34.2 Å². The van der Waals surface area contributed by atoms with Gasteiger partial charge in [-0.2, -0.15) is 0 Å². The quantitative estimate of drug-likeness (QED) is 0.305. The van der Waals surface area contributed by atoms with Crippen molar-refractivity contribution < 1.29 is 23.9 Å². The van der Waals surface area contributed by atoms with Gasteiger partial charge in [0.15, 0.2) is 11.2 Å². The number of carbonyl (C=O) groups excluding carboxylic acids is 3. The van der Waals surface area contributed by atoms with E-state index in [1.54, 1.807) is 0 Å². The number of methoxy groups -OCH3 is 2. The summed E-state index contributed by atoms with van der Waals surface area (Å²) in [5, 5.41) is 3.70. The molecule has 1 aliphatic heterocycles. The van der Waals surface area contributed by atoms with E-state index in [9.17, 15) is 14.4 Å². The van der Waals surface area contributed by atoms with Crippen molar-refractivity contribution in [2.45, 2.75) is 37.8 Å². The third-order valence-electron chi connectivity index (χ3n) is 7.57. The first-order chi connectivity index (χ1) is 16.3.